The molecule has 0 saturated carbocycles. The minimum absolute atomic E-state index is 0.106. The van der Waals surface area contributed by atoms with Gasteiger partial charge in [0.15, 0.2) is 17.3 Å². The maximum atomic E-state index is 13.4. The molecular weight excluding hydrogens is 294 g/mol. The molecule has 1 N–H and O–H groups in total. The molecule has 0 spiro atoms. The van der Waals surface area contributed by atoms with Crippen LogP contribution in [-0.2, 0) is 17.6 Å². The summed E-state index contributed by atoms with van der Waals surface area (Å²) in [5.41, 5.74) is 2.11. The average molecular weight is 308 g/mol. The second kappa shape index (κ2) is 5.84. The van der Waals surface area contributed by atoms with Crippen LogP contribution in [0.25, 0.3) is 5.69 Å². The number of carbonyl (C=O) groups excluding carboxylic acids is 1. The van der Waals surface area contributed by atoms with Gasteiger partial charge in [-0.05, 0) is 31.4 Å². The lowest BCUT2D eigenvalue weighted by atomic mass is 10.2. The Kier molecular flexibility index (Phi) is 3.89. The number of esters is 1. The molecule has 3 rings (SSSR count). The van der Waals surface area contributed by atoms with E-state index in [1.807, 2.05) is 0 Å². The van der Waals surface area contributed by atoms with E-state index in [0.717, 1.165) is 29.8 Å². The molecule has 0 saturated heterocycles. The summed E-state index contributed by atoms with van der Waals surface area (Å²) < 4.78 is 32.8. The van der Waals surface area contributed by atoms with E-state index in [0.29, 0.717) is 18.5 Å². The zero-order valence-corrected chi connectivity index (χ0v) is 11.7. The summed E-state index contributed by atoms with van der Waals surface area (Å²) in [6.07, 6.45) is 2.24. The van der Waals surface area contributed by atoms with Gasteiger partial charge < -0.3 is 9.84 Å². The highest BCUT2D eigenvalue weighted by Gasteiger charge is 2.28. The Hall–Kier alpha value is -2.28. The van der Waals surface area contributed by atoms with Crippen LogP contribution >= 0.6 is 0 Å². The van der Waals surface area contributed by atoms with Gasteiger partial charge in [-0.25, -0.2) is 18.3 Å². The SMILES string of the molecule is O=C(OCCO)c1nn(-c2ccc(F)c(F)c2)c2c1CCC2. The minimum Gasteiger partial charge on any atom is -0.458 e. The van der Waals surface area contributed by atoms with Crippen molar-refractivity contribution in [3.05, 3.63) is 46.8 Å². The lowest BCUT2D eigenvalue weighted by Crippen LogP contribution is -2.12. The molecule has 0 unspecified atom stereocenters. The summed E-state index contributed by atoms with van der Waals surface area (Å²) in [7, 11) is 0. The summed E-state index contributed by atoms with van der Waals surface area (Å²) in [5.74, 6) is -2.52. The van der Waals surface area contributed by atoms with Crippen LogP contribution < -0.4 is 0 Å². The van der Waals surface area contributed by atoms with Crippen LogP contribution in [0.2, 0.25) is 0 Å². The summed E-state index contributed by atoms with van der Waals surface area (Å²) in [6, 6.07) is 3.48. The van der Waals surface area contributed by atoms with Crippen molar-refractivity contribution in [1.29, 1.82) is 0 Å². The Labute approximate surface area is 125 Å². The second-order valence-electron chi connectivity index (χ2n) is 5.00. The maximum Gasteiger partial charge on any atom is 0.359 e. The highest BCUT2D eigenvalue weighted by atomic mass is 19.2. The van der Waals surface area contributed by atoms with Gasteiger partial charge in [0.1, 0.15) is 6.61 Å². The molecule has 0 amide bonds. The lowest BCUT2D eigenvalue weighted by molar-refractivity contribution is 0.0425. The number of halogens is 2. The van der Waals surface area contributed by atoms with E-state index in [-0.39, 0.29) is 18.9 Å². The fourth-order valence-corrected chi connectivity index (χ4v) is 2.64. The summed E-state index contributed by atoms with van der Waals surface area (Å²) in [6.45, 7) is -0.372. The van der Waals surface area contributed by atoms with Gasteiger partial charge in [0, 0.05) is 17.3 Å². The van der Waals surface area contributed by atoms with Crippen molar-refractivity contribution >= 4 is 5.97 Å². The van der Waals surface area contributed by atoms with Crippen LogP contribution in [0.4, 0.5) is 8.78 Å². The van der Waals surface area contributed by atoms with E-state index < -0.39 is 17.6 Å². The normalized spacial score (nSPS) is 13.2. The first-order valence-corrected chi connectivity index (χ1v) is 6.96. The second-order valence-corrected chi connectivity index (χ2v) is 5.00. The molecule has 5 nitrogen and oxygen atoms in total. The predicted octanol–water partition coefficient (Wildman–Crippen LogP) is 1.79. The van der Waals surface area contributed by atoms with Crippen molar-refractivity contribution in [1.82, 2.24) is 9.78 Å². The van der Waals surface area contributed by atoms with Gasteiger partial charge in [-0.1, -0.05) is 0 Å². The zero-order chi connectivity index (χ0) is 15.7. The quantitative estimate of drug-likeness (QED) is 0.875. The van der Waals surface area contributed by atoms with Crippen molar-refractivity contribution in [2.24, 2.45) is 0 Å². The molecule has 1 heterocycles. The highest BCUT2D eigenvalue weighted by molar-refractivity contribution is 5.89. The third kappa shape index (κ3) is 2.48. The molecule has 7 heteroatoms. The molecule has 1 aromatic carbocycles. The van der Waals surface area contributed by atoms with Gasteiger partial charge in [-0.15, -0.1) is 0 Å². The summed E-state index contributed by atoms with van der Waals surface area (Å²) >= 11 is 0. The Morgan fingerprint density at radius 1 is 1.32 bits per heavy atom. The summed E-state index contributed by atoms with van der Waals surface area (Å²) in [4.78, 5) is 12.0. The Bertz CT molecular complexity index is 728. The molecule has 1 aliphatic rings. The monoisotopic (exact) mass is 308 g/mol. The number of rotatable bonds is 4. The van der Waals surface area contributed by atoms with E-state index >= 15 is 0 Å². The van der Waals surface area contributed by atoms with E-state index in [9.17, 15) is 13.6 Å². The lowest BCUT2D eigenvalue weighted by Gasteiger charge is -2.06. The first-order chi connectivity index (χ1) is 10.6. The topological polar surface area (TPSA) is 64.3 Å². The van der Waals surface area contributed by atoms with Crippen LogP contribution in [0.15, 0.2) is 18.2 Å². The number of carbonyl (C=O) groups is 1. The third-order valence-corrected chi connectivity index (χ3v) is 3.60. The smallest absolute Gasteiger partial charge is 0.359 e. The van der Waals surface area contributed by atoms with E-state index in [1.165, 1.54) is 10.7 Å². The minimum atomic E-state index is -0.968. The Morgan fingerprint density at radius 2 is 2.14 bits per heavy atom. The van der Waals surface area contributed by atoms with Gasteiger partial charge in [-0.2, -0.15) is 5.10 Å². The van der Waals surface area contributed by atoms with Gasteiger partial charge in [0.2, 0.25) is 0 Å². The number of aromatic nitrogens is 2. The first-order valence-electron chi connectivity index (χ1n) is 6.96. The average Bonchev–Trinajstić information content (AvgIpc) is 3.09. The van der Waals surface area contributed by atoms with Crippen LogP contribution in [0.3, 0.4) is 0 Å². The molecule has 0 bridgehead atoms. The fourth-order valence-electron chi connectivity index (χ4n) is 2.64. The van der Waals surface area contributed by atoms with Crippen LogP contribution in [-0.4, -0.2) is 34.1 Å². The Morgan fingerprint density at radius 3 is 2.86 bits per heavy atom. The zero-order valence-electron chi connectivity index (χ0n) is 11.7. The molecular formula is C15H14F2N2O3. The number of benzene rings is 1. The van der Waals surface area contributed by atoms with Crippen LogP contribution in [0.5, 0.6) is 0 Å². The van der Waals surface area contributed by atoms with Crippen molar-refractivity contribution < 1.29 is 23.4 Å². The number of hydrogen-bond acceptors (Lipinski definition) is 4. The van der Waals surface area contributed by atoms with E-state index in [4.69, 9.17) is 9.84 Å². The number of aliphatic hydroxyl groups excluding tert-OH is 1. The Balaban J connectivity index is 2.02. The van der Waals surface area contributed by atoms with Gasteiger partial charge in [0.05, 0.1) is 12.3 Å². The molecule has 1 aliphatic carbocycles. The van der Waals surface area contributed by atoms with Crippen molar-refractivity contribution in [3.8, 4) is 5.69 Å². The molecule has 0 atom stereocenters. The molecule has 0 fully saturated rings. The van der Waals surface area contributed by atoms with Crippen LogP contribution in [0, 0.1) is 11.6 Å². The molecule has 0 radical (unpaired) electrons. The van der Waals surface area contributed by atoms with E-state index in [2.05, 4.69) is 5.10 Å². The van der Waals surface area contributed by atoms with Gasteiger partial charge in [0.25, 0.3) is 0 Å². The number of nitrogens with zero attached hydrogens (tertiary/aromatic N) is 2. The molecule has 1 aromatic heterocycles. The van der Waals surface area contributed by atoms with Crippen LogP contribution in [0.1, 0.15) is 28.2 Å². The van der Waals surface area contributed by atoms with Crippen molar-refractivity contribution in [2.75, 3.05) is 13.2 Å². The van der Waals surface area contributed by atoms with Crippen molar-refractivity contribution in [3.63, 3.8) is 0 Å². The molecule has 22 heavy (non-hydrogen) atoms. The largest absolute Gasteiger partial charge is 0.458 e. The maximum absolute atomic E-state index is 13.4. The van der Waals surface area contributed by atoms with Crippen molar-refractivity contribution in [2.45, 2.75) is 19.3 Å². The molecule has 116 valence electrons. The number of hydrogen-bond donors (Lipinski definition) is 1. The van der Waals surface area contributed by atoms with Gasteiger partial charge in [-0.3, -0.25) is 0 Å². The number of ether oxygens (including phenoxy) is 1. The highest BCUT2D eigenvalue weighted by Crippen LogP contribution is 2.28. The van der Waals surface area contributed by atoms with Gasteiger partial charge >= 0.3 is 5.97 Å². The standard InChI is InChI=1S/C15H14F2N2O3/c16-11-5-4-9(8-12(11)17)19-13-3-1-2-10(13)14(18-19)15(21)22-7-6-20/h4-5,8,20H,1-3,6-7H2. The molecule has 2 aromatic rings. The fraction of sp³-hybridized carbons (Fsp3) is 0.333. The molecule has 0 aliphatic heterocycles. The first kappa shape index (κ1) is 14.6. The number of aliphatic hydroxyl groups is 1. The predicted molar refractivity (Wildman–Crippen MR) is 72.9 cm³/mol. The van der Waals surface area contributed by atoms with E-state index in [1.54, 1.807) is 0 Å². The third-order valence-electron chi connectivity index (χ3n) is 3.60. The summed E-state index contributed by atoms with van der Waals surface area (Å²) in [5, 5.41) is 12.9. The number of fused-ring (bicyclic) bond motifs is 1.